The quantitative estimate of drug-likeness (QED) is 0.279. The standard InChI is InChI=1S/C31H29N9O5/c1-6-39-27-25(29(42)34-21-9-7-8-20(16-21)28(41)35-23-14-15-37(4)36-23)32-18(3)33-26(27)31(44)40(39)22-12-10-19(11-13-22)24-17(2)45-38(5)30(24)43/h7-16H,6H2,1-5H3,(H,34,42)(H,35,36,41). The molecule has 0 aliphatic rings. The highest BCUT2D eigenvalue weighted by Crippen LogP contribution is 2.24. The van der Waals surface area contributed by atoms with Gasteiger partial charge in [0.2, 0.25) is 0 Å². The van der Waals surface area contributed by atoms with Crippen molar-refractivity contribution in [2.45, 2.75) is 27.3 Å². The summed E-state index contributed by atoms with van der Waals surface area (Å²) in [5.74, 6) is 0.157. The van der Waals surface area contributed by atoms with E-state index in [1.807, 2.05) is 6.92 Å². The van der Waals surface area contributed by atoms with Gasteiger partial charge in [0.05, 0.1) is 11.3 Å². The highest BCUT2D eigenvalue weighted by molar-refractivity contribution is 6.11. The molecule has 45 heavy (non-hydrogen) atoms. The highest BCUT2D eigenvalue weighted by Gasteiger charge is 2.24. The first-order valence-electron chi connectivity index (χ1n) is 14.1. The van der Waals surface area contributed by atoms with E-state index in [2.05, 4.69) is 25.7 Å². The second-order valence-electron chi connectivity index (χ2n) is 10.4. The number of carbonyl (C=O) groups excluding carboxylic acids is 2. The summed E-state index contributed by atoms with van der Waals surface area (Å²) in [6.45, 7) is 5.48. The molecule has 0 fully saturated rings. The fourth-order valence-corrected chi connectivity index (χ4v) is 5.28. The molecule has 2 amide bonds. The van der Waals surface area contributed by atoms with Gasteiger partial charge in [-0.2, -0.15) is 9.84 Å². The third kappa shape index (κ3) is 5.22. The van der Waals surface area contributed by atoms with E-state index < -0.39 is 17.4 Å². The average molecular weight is 608 g/mol. The SMILES string of the molecule is CCn1c2c(C(=O)Nc3cccc(C(=O)Nc4ccn(C)n4)c3)nc(C)nc2c(=O)n1-c1ccc(-c2c(C)on(C)c2=O)cc1. The van der Waals surface area contributed by atoms with Crippen molar-refractivity contribution in [1.82, 2.24) is 33.9 Å². The van der Waals surface area contributed by atoms with Gasteiger partial charge < -0.3 is 15.2 Å². The molecule has 0 aliphatic carbocycles. The number of aryl methyl sites for hydroxylation is 5. The third-order valence-electron chi connectivity index (χ3n) is 7.27. The maximum Gasteiger partial charge on any atom is 0.298 e. The Morgan fingerprint density at radius 2 is 1.67 bits per heavy atom. The summed E-state index contributed by atoms with van der Waals surface area (Å²) in [5, 5.41) is 9.67. The molecule has 0 saturated heterocycles. The predicted molar refractivity (Wildman–Crippen MR) is 167 cm³/mol. The molecule has 0 radical (unpaired) electrons. The number of aromatic nitrogens is 7. The molecule has 4 heterocycles. The van der Waals surface area contributed by atoms with Gasteiger partial charge in [0.1, 0.15) is 17.1 Å². The maximum absolute atomic E-state index is 13.7. The summed E-state index contributed by atoms with van der Waals surface area (Å²) in [7, 11) is 3.29. The van der Waals surface area contributed by atoms with Crippen molar-refractivity contribution >= 4 is 34.4 Å². The van der Waals surface area contributed by atoms with Gasteiger partial charge in [0, 0.05) is 44.2 Å². The molecule has 6 rings (SSSR count). The Balaban J connectivity index is 1.35. The second-order valence-corrected chi connectivity index (χ2v) is 10.4. The summed E-state index contributed by atoms with van der Waals surface area (Å²) in [4.78, 5) is 61.5. The van der Waals surface area contributed by atoms with Gasteiger partial charge in [-0.1, -0.05) is 18.2 Å². The van der Waals surface area contributed by atoms with Gasteiger partial charge in [-0.05, 0) is 56.7 Å². The minimum Gasteiger partial charge on any atom is -0.381 e. The largest absolute Gasteiger partial charge is 0.381 e. The zero-order chi connectivity index (χ0) is 32.0. The zero-order valence-electron chi connectivity index (χ0n) is 25.2. The Morgan fingerprint density at radius 1 is 0.911 bits per heavy atom. The molecule has 2 N–H and O–H groups in total. The smallest absolute Gasteiger partial charge is 0.298 e. The van der Waals surface area contributed by atoms with Gasteiger partial charge in [0.15, 0.2) is 17.0 Å². The average Bonchev–Trinajstić information content (AvgIpc) is 3.64. The Labute approximate surface area is 255 Å². The molecule has 4 aromatic heterocycles. The predicted octanol–water partition coefficient (Wildman–Crippen LogP) is 3.42. The topological polar surface area (TPSA) is 164 Å². The number of hydrogen-bond donors (Lipinski definition) is 2. The number of carbonyl (C=O) groups is 2. The molecule has 2 aromatic carbocycles. The van der Waals surface area contributed by atoms with Crippen molar-refractivity contribution in [3.8, 4) is 16.8 Å². The van der Waals surface area contributed by atoms with Crippen LogP contribution in [0.25, 0.3) is 27.8 Å². The molecular formula is C31H29N9O5. The van der Waals surface area contributed by atoms with Crippen LogP contribution in [-0.4, -0.2) is 45.7 Å². The molecule has 0 aliphatic heterocycles. The summed E-state index contributed by atoms with van der Waals surface area (Å²) >= 11 is 0. The molecular weight excluding hydrogens is 578 g/mol. The lowest BCUT2D eigenvalue weighted by atomic mass is 10.1. The van der Waals surface area contributed by atoms with Crippen molar-refractivity contribution in [2.75, 3.05) is 10.6 Å². The van der Waals surface area contributed by atoms with Gasteiger partial charge in [-0.15, -0.1) is 0 Å². The number of nitrogens with one attached hydrogen (secondary N) is 2. The molecule has 228 valence electrons. The van der Waals surface area contributed by atoms with Crippen molar-refractivity contribution in [3.63, 3.8) is 0 Å². The van der Waals surface area contributed by atoms with Crippen molar-refractivity contribution in [2.24, 2.45) is 14.1 Å². The number of benzene rings is 2. The monoisotopic (exact) mass is 607 g/mol. The third-order valence-corrected chi connectivity index (χ3v) is 7.27. The first kappa shape index (κ1) is 29.0. The van der Waals surface area contributed by atoms with E-state index in [9.17, 15) is 19.2 Å². The van der Waals surface area contributed by atoms with Crippen LogP contribution < -0.4 is 21.8 Å². The lowest BCUT2D eigenvalue weighted by molar-refractivity contribution is 0.101. The molecule has 0 bridgehead atoms. The first-order valence-corrected chi connectivity index (χ1v) is 14.1. The number of rotatable bonds is 7. The number of fused-ring (bicyclic) bond motifs is 1. The van der Waals surface area contributed by atoms with Crippen LogP contribution in [-0.2, 0) is 20.6 Å². The zero-order valence-corrected chi connectivity index (χ0v) is 25.2. The van der Waals surface area contributed by atoms with Crippen molar-refractivity contribution in [3.05, 3.63) is 104 Å². The minimum absolute atomic E-state index is 0.00711. The van der Waals surface area contributed by atoms with Crippen molar-refractivity contribution in [1.29, 1.82) is 0 Å². The van der Waals surface area contributed by atoms with E-state index >= 15 is 0 Å². The normalized spacial score (nSPS) is 11.2. The Kier molecular flexibility index (Phi) is 7.24. The molecule has 0 atom stereocenters. The van der Waals surface area contributed by atoms with Crippen LogP contribution in [0.3, 0.4) is 0 Å². The summed E-state index contributed by atoms with van der Waals surface area (Å²) in [6, 6.07) is 15.0. The van der Waals surface area contributed by atoms with Crippen LogP contribution in [0.2, 0.25) is 0 Å². The van der Waals surface area contributed by atoms with E-state index in [1.165, 1.54) is 15.5 Å². The van der Waals surface area contributed by atoms with Crippen molar-refractivity contribution < 1.29 is 14.1 Å². The van der Waals surface area contributed by atoms with Gasteiger partial charge in [-0.3, -0.25) is 28.5 Å². The van der Waals surface area contributed by atoms with Gasteiger partial charge >= 0.3 is 0 Å². The van der Waals surface area contributed by atoms with Gasteiger partial charge in [-0.25, -0.2) is 14.6 Å². The molecule has 0 saturated carbocycles. The van der Waals surface area contributed by atoms with E-state index in [0.29, 0.717) is 46.2 Å². The fourth-order valence-electron chi connectivity index (χ4n) is 5.28. The van der Waals surface area contributed by atoms with E-state index in [0.717, 1.165) is 0 Å². The first-order chi connectivity index (χ1) is 21.5. The number of anilines is 2. The highest BCUT2D eigenvalue weighted by atomic mass is 16.5. The van der Waals surface area contributed by atoms with Crippen LogP contribution in [0.15, 0.2) is 74.9 Å². The Bertz CT molecular complexity index is 2230. The number of hydrogen-bond acceptors (Lipinski definition) is 8. The van der Waals surface area contributed by atoms with Crippen LogP contribution in [0.5, 0.6) is 0 Å². The maximum atomic E-state index is 13.7. The number of amides is 2. The van der Waals surface area contributed by atoms with Crippen LogP contribution >= 0.6 is 0 Å². The number of nitrogens with zero attached hydrogens (tertiary/aromatic N) is 7. The summed E-state index contributed by atoms with van der Waals surface area (Å²) < 4.78 is 11.2. The van der Waals surface area contributed by atoms with Crippen LogP contribution in [0, 0.1) is 13.8 Å². The fraction of sp³-hybridized carbons (Fsp3) is 0.194. The molecule has 6 aromatic rings. The minimum atomic E-state index is -0.575. The van der Waals surface area contributed by atoms with Crippen LogP contribution in [0.4, 0.5) is 11.5 Å². The van der Waals surface area contributed by atoms with E-state index in [1.54, 1.807) is 92.0 Å². The van der Waals surface area contributed by atoms with Crippen LogP contribution in [0.1, 0.15) is 39.4 Å². The van der Waals surface area contributed by atoms with Gasteiger partial charge in [0.25, 0.3) is 22.9 Å². The Hall–Kier alpha value is -6.05. The van der Waals surface area contributed by atoms with E-state index in [-0.39, 0.29) is 28.1 Å². The summed E-state index contributed by atoms with van der Waals surface area (Å²) in [6.07, 6.45) is 1.71. The molecule has 14 nitrogen and oxygen atoms in total. The molecule has 0 unspecified atom stereocenters. The Morgan fingerprint density at radius 3 is 2.31 bits per heavy atom. The second kappa shape index (κ2) is 11.2. The lowest BCUT2D eigenvalue weighted by Crippen LogP contribution is -2.21. The lowest BCUT2D eigenvalue weighted by Gasteiger charge is -2.13. The molecule has 14 heteroatoms. The molecule has 0 spiro atoms. The summed E-state index contributed by atoms with van der Waals surface area (Å²) in [5.41, 5.74) is 1.93. The van der Waals surface area contributed by atoms with E-state index in [4.69, 9.17) is 4.52 Å².